The molecule has 2 rings (SSSR count). The number of anilines is 1. The van der Waals surface area contributed by atoms with Gasteiger partial charge in [-0.15, -0.1) is 0 Å². The summed E-state index contributed by atoms with van der Waals surface area (Å²) < 4.78 is 0. The van der Waals surface area contributed by atoms with Crippen LogP contribution in [0.5, 0.6) is 0 Å². The predicted molar refractivity (Wildman–Crippen MR) is 57.6 cm³/mol. The predicted octanol–water partition coefficient (Wildman–Crippen LogP) is -0.360. The molecule has 1 heterocycles. The van der Waals surface area contributed by atoms with Gasteiger partial charge in [0, 0.05) is 18.7 Å². The van der Waals surface area contributed by atoms with E-state index >= 15 is 0 Å². The van der Waals surface area contributed by atoms with Crippen molar-refractivity contribution in [2.24, 2.45) is 5.73 Å². The smallest absolute Gasteiger partial charge is 0.268 e. The van der Waals surface area contributed by atoms with Crippen LogP contribution < -0.4 is 10.6 Å². The molecule has 1 saturated heterocycles. The Kier molecular flexibility index (Phi) is 2.40. The summed E-state index contributed by atoms with van der Waals surface area (Å²) in [6.07, 6.45) is 0.0378. The van der Waals surface area contributed by atoms with Crippen molar-refractivity contribution in [3.8, 4) is 0 Å². The van der Waals surface area contributed by atoms with Gasteiger partial charge in [-0.3, -0.25) is 9.59 Å². The van der Waals surface area contributed by atoms with Crippen LogP contribution in [-0.2, 0) is 9.59 Å². The monoisotopic (exact) mass is 220 g/mol. The number of nitrogens with two attached hydrogens (primary N) is 1. The highest BCUT2D eigenvalue weighted by molar-refractivity contribution is 6.15. The Morgan fingerprint density at radius 1 is 1.38 bits per heavy atom. The van der Waals surface area contributed by atoms with Gasteiger partial charge in [0.25, 0.3) is 11.8 Å². The maximum absolute atomic E-state index is 11.8. The highest BCUT2D eigenvalue weighted by atomic mass is 16.3. The molecule has 1 fully saturated rings. The van der Waals surface area contributed by atoms with E-state index in [0.29, 0.717) is 12.2 Å². The number of hydrogen-bond donors (Lipinski definition) is 2. The van der Waals surface area contributed by atoms with Gasteiger partial charge in [0.1, 0.15) is 0 Å². The number of amides is 2. The fraction of sp³-hybridized carbons (Fsp3) is 0.273. The summed E-state index contributed by atoms with van der Waals surface area (Å²) in [5.74, 6) is -1.64. The summed E-state index contributed by atoms with van der Waals surface area (Å²) >= 11 is 0. The Morgan fingerprint density at radius 3 is 2.50 bits per heavy atom. The summed E-state index contributed by atoms with van der Waals surface area (Å²) in [5.41, 5.74) is 3.64. The van der Waals surface area contributed by atoms with Crippen molar-refractivity contribution in [2.45, 2.75) is 12.0 Å². The molecule has 0 saturated carbocycles. The van der Waals surface area contributed by atoms with E-state index in [-0.39, 0.29) is 6.42 Å². The average molecular weight is 220 g/mol. The summed E-state index contributed by atoms with van der Waals surface area (Å²) in [7, 11) is 0. The minimum absolute atomic E-state index is 0.0378. The van der Waals surface area contributed by atoms with Crippen molar-refractivity contribution in [3.05, 3.63) is 30.3 Å². The first-order valence-electron chi connectivity index (χ1n) is 4.95. The summed E-state index contributed by atoms with van der Waals surface area (Å²) in [6.45, 7) is 0.294. The maximum Gasteiger partial charge on any atom is 0.268 e. The number of aliphatic hydroxyl groups is 1. The maximum atomic E-state index is 11.8. The number of benzene rings is 1. The number of primary amides is 1. The quantitative estimate of drug-likeness (QED) is 0.667. The van der Waals surface area contributed by atoms with Crippen LogP contribution in [0, 0.1) is 0 Å². The van der Waals surface area contributed by atoms with E-state index in [2.05, 4.69) is 0 Å². The number of carbonyl (C=O) groups excluding carboxylic acids is 2. The van der Waals surface area contributed by atoms with E-state index in [0.717, 1.165) is 0 Å². The molecule has 0 aliphatic carbocycles. The molecule has 5 nitrogen and oxygen atoms in total. The lowest BCUT2D eigenvalue weighted by atomic mass is 10.0. The molecule has 5 heteroatoms. The fourth-order valence-electron chi connectivity index (χ4n) is 1.79. The van der Waals surface area contributed by atoms with Crippen LogP contribution in [0.15, 0.2) is 30.3 Å². The van der Waals surface area contributed by atoms with Crippen LogP contribution in [0.4, 0.5) is 5.69 Å². The van der Waals surface area contributed by atoms with Crippen LogP contribution in [-0.4, -0.2) is 29.1 Å². The zero-order valence-electron chi connectivity index (χ0n) is 8.59. The second-order valence-electron chi connectivity index (χ2n) is 3.77. The van der Waals surface area contributed by atoms with Gasteiger partial charge in [0.15, 0.2) is 0 Å². The third-order valence-electron chi connectivity index (χ3n) is 2.77. The van der Waals surface area contributed by atoms with Gasteiger partial charge in [-0.2, -0.15) is 0 Å². The van der Waals surface area contributed by atoms with Crippen LogP contribution in [0.3, 0.4) is 0 Å². The van der Waals surface area contributed by atoms with E-state index in [1.807, 2.05) is 6.07 Å². The Hall–Kier alpha value is -1.88. The SMILES string of the molecule is NC(=O)C1(O)CCN(c2ccccc2)C1=O. The second-order valence-corrected chi connectivity index (χ2v) is 3.77. The Labute approximate surface area is 92.5 Å². The number of nitrogens with zero attached hydrogens (tertiary/aromatic N) is 1. The Balaban J connectivity index is 2.30. The molecule has 0 bridgehead atoms. The molecule has 16 heavy (non-hydrogen) atoms. The van der Waals surface area contributed by atoms with Crippen LogP contribution in [0.2, 0.25) is 0 Å². The lowest BCUT2D eigenvalue weighted by Crippen LogP contribution is -2.50. The minimum atomic E-state index is -2.05. The molecule has 84 valence electrons. The highest BCUT2D eigenvalue weighted by Gasteiger charge is 2.50. The van der Waals surface area contributed by atoms with E-state index < -0.39 is 17.4 Å². The number of para-hydroxylation sites is 1. The number of rotatable bonds is 2. The molecule has 1 aromatic rings. The topological polar surface area (TPSA) is 83.6 Å². The van der Waals surface area contributed by atoms with Crippen molar-refractivity contribution in [1.29, 1.82) is 0 Å². The van der Waals surface area contributed by atoms with E-state index in [1.165, 1.54) is 4.90 Å². The van der Waals surface area contributed by atoms with Gasteiger partial charge in [0.2, 0.25) is 5.60 Å². The van der Waals surface area contributed by atoms with E-state index in [1.54, 1.807) is 24.3 Å². The molecule has 0 spiro atoms. The number of hydrogen-bond acceptors (Lipinski definition) is 3. The molecule has 0 radical (unpaired) electrons. The van der Waals surface area contributed by atoms with Gasteiger partial charge in [-0.25, -0.2) is 0 Å². The zero-order chi connectivity index (χ0) is 11.8. The molecule has 1 atom stereocenters. The molecule has 0 aromatic heterocycles. The minimum Gasteiger partial charge on any atom is -0.372 e. The standard InChI is InChI=1S/C11H12N2O3/c12-9(14)11(16)6-7-13(10(11)15)8-4-2-1-3-5-8/h1-5,16H,6-7H2,(H2,12,14). The first-order chi connectivity index (χ1) is 7.55. The van der Waals surface area contributed by atoms with E-state index in [4.69, 9.17) is 5.73 Å². The van der Waals surface area contributed by atoms with Crippen LogP contribution in [0.25, 0.3) is 0 Å². The second kappa shape index (κ2) is 3.61. The van der Waals surface area contributed by atoms with Gasteiger partial charge in [-0.05, 0) is 12.1 Å². The highest BCUT2D eigenvalue weighted by Crippen LogP contribution is 2.27. The van der Waals surface area contributed by atoms with Crippen molar-refractivity contribution < 1.29 is 14.7 Å². The van der Waals surface area contributed by atoms with Gasteiger partial charge in [-0.1, -0.05) is 18.2 Å². The van der Waals surface area contributed by atoms with Crippen LogP contribution >= 0.6 is 0 Å². The molecule has 1 aliphatic rings. The lowest BCUT2D eigenvalue weighted by molar-refractivity contribution is -0.146. The number of carbonyl (C=O) groups is 2. The molecule has 1 aliphatic heterocycles. The molecule has 1 aromatic carbocycles. The fourth-order valence-corrected chi connectivity index (χ4v) is 1.79. The van der Waals surface area contributed by atoms with Crippen molar-refractivity contribution in [3.63, 3.8) is 0 Å². The third kappa shape index (κ3) is 1.45. The van der Waals surface area contributed by atoms with Gasteiger partial charge in [0.05, 0.1) is 0 Å². The van der Waals surface area contributed by atoms with Gasteiger partial charge < -0.3 is 15.7 Å². The molecule has 3 N–H and O–H groups in total. The Morgan fingerprint density at radius 2 is 2.00 bits per heavy atom. The van der Waals surface area contributed by atoms with E-state index in [9.17, 15) is 14.7 Å². The van der Waals surface area contributed by atoms with Crippen LogP contribution in [0.1, 0.15) is 6.42 Å². The van der Waals surface area contributed by atoms with Crippen molar-refractivity contribution in [2.75, 3.05) is 11.4 Å². The summed E-state index contributed by atoms with van der Waals surface area (Å²) in [4.78, 5) is 24.2. The summed E-state index contributed by atoms with van der Waals surface area (Å²) in [6, 6.07) is 8.87. The lowest BCUT2D eigenvalue weighted by Gasteiger charge is -2.19. The zero-order valence-corrected chi connectivity index (χ0v) is 8.59. The Bertz CT molecular complexity index is 432. The molecule has 2 amide bonds. The first-order valence-corrected chi connectivity index (χ1v) is 4.95. The molecular formula is C11H12N2O3. The average Bonchev–Trinajstić information content (AvgIpc) is 2.59. The molecular weight excluding hydrogens is 208 g/mol. The first kappa shape index (κ1) is 10.6. The van der Waals surface area contributed by atoms with Crippen molar-refractivity contribution in [1.82, 2.24) is 0 Å². The largest absolute Gasteiger partial charge is 0.372 e. The van der Waals surface area contributed by atoms with Gasteiger partial charge >= 0.3 is 0 Å². The van der Waals surface area contributed by atoms with Crippen molar-refractivity contribution >= 4 is 17.5 Å². The third-order valence-corrected chi connectivity index (χ3v) is 2.77. The summed E-state index contributed by atoms with van der Waals surface area (Å²) in [5, 5.41) is 9.80. The normalized spacial score (nSPS) is 24.8. The molecule has 1 unspecified atom stereocenters.